The molecule has 3 aromatic rings. The molecule has 2 aliphatic carbocycles. The summed E-state index contributed by atoms with van der Waals surface area (Å²) in [7, 11) is 0. The highest BCUT2D eigenvalue weighted by molar-refractivity contribution is 7.09. The van der Waals surface area contributed by atoms with Gasteiger partial charge >= 0.3 is 0 Å². The summed E-state index contributed by atoms with van der Waals surface area (Å²) in [5.41, 5.74) is 9.20. The number of carbonyl (C=O) groups is 3. The average Bonchev–Trinajstić information content (AvgIpc) is 3.62. The molecule has 0 aliphatic heterocycles. The fourth-order valence-electron chi connectivity index (χ4n) is 6.08. The summed E-state index contributed by atoms with van der Waals surface area (Å²) in [6.07, 6.45) is 8.83. The van der Waals surface area contributed by atoms with Gasteiger partial charge in [-0.15, -0.1) is 0 Å². The van der Waals surface area contributed by atoms with Crippen LogP contribution >= 0.6 is 11.5 Å². The number of rotatable bonds is 8. The van der Waals surface area contributed by atoms with Gasteiger partial charge in [-0.3, -0.25) is 19.3 Å². The molecule has 3 amide bonds. The summed E-state index contributed by atoms with van der Waals surface area (Å²) in [4.78, 5) is 43.1. The average molecular weight is 592 g/mol. The maximum absolute atomic E-state index is 14.5. The number of aromatic nitrogens is 1. The fourth-order valence-corrected chi connectivity index (χ4v) is 6.82. The van der Waals surface area contributed by atoms with Crippen molar-refractivity contribution in [3.05, 3.63) is 75.5 Å². The van der Waals surface area contributed by atoms with Crippen LogP contribution in [0.15, 0.2) is 42.5 Å². The van der Waals surface area contributed by atoms with E-state index in [9.17, 15) is 18.8 Å². The topological polar surface area (TPSA) is 117 Å². The highest BCUT2D eigenvalue weighted by Gasteiger charge is 2.38. The van der Waals surface area contributed by atoms with E-state index < -0.39 is 23.7 Å². The Labute approximate surface area is 250 Å². The van der Waals surface area contributed by atoms with Gasteiger partial charge in [0, 0.05) is 17.8 Å². The summed E-state index contributed by atoms with van der Waals surface area (Å²) < 4.78 is 18.3. The van der Waals surface area contributed by atoms with Gasteiger partial charge in [-0.1, -0.05) is 61.9 Å². The van der Waals surface area contributed by atoms with Crippen LogP contribution in [0.1, 0.15) is 101 Å². The van der Waals surface area contributed by atoms with E-state index in [1.165, 1.54) is 29.2 Å². The molecule has 42 heavy (non-hydrogen) atoms. The number of benzene rings is 2. The van der Waals surface area contributed by atoms with Gasteiger partial charge in [0.25, 0.3) is 11.8 Å². The van der Waals surface area contributed by atoms with Crippen LogP contribution in [0.25, 0.3) is 0 Å². The number of nitrogens with two attached hydrogens (primary N) is 1. The minimum atomic E-state index is -1.11. The van der Waals surface area contributed by atoms with E-state index in [1.807, 2.05) is 26.0 Å². The first-order chi connectivity index (χ1) is 20.2. The fraction of sp³-hybridized carbons (Fsp3) is 0.438. The number of hydrogen-bond donors (Lipinski definition) is 3. The van der Waals surface area contributed by atoms with Crippen LogP contribution in [0, 0.1) is 19.7 Å². The van der Waals surface area contributed by atoms with Crippen LogP contribution in [0.2, 0.25) is 0 Å². The number of hydrogen-bond acceptors (Lipinski definition) is 6. The van der Waals surface area contributed by atoms with Crippen molar-refractivity contribution in [3.63, 3.8) is 0 Å². The SMILES string of the molecule is Cc1ccc(N(C(=O)c2snc(C(=O)NC3CCCCC3)c2N)[C@@H](C(=O)NC2CCCC2)c2ccc(F)cc2)c(C)c1. The summed E-state index contributed by atoms with van der Waals surface area (Å²) in [6, 6.07) is 10.2. The number of anilines is 2. The minimum absolute atomic E-state index is 0.0000693. The van der Waals surface area contributed by atoms with Crippen molar-refractivity contribution in [2.75, 3.05) is 10.6 Å². The van der Waals surface area contributed by atoms with Gasteiger partial charge in [-0.2, -0.15) is 4.37 Å². The Morgan fingerprint density at radius 2 is 1.55 bits per heavy atom. The second kappa shape index (κ2) is 13.0. The van der Waals surface area contributed by atoms with Crippen LogP contribution < -0.4 is 21.3 Å². The molecule has 222 valence electrons. The summed E-state index contributed by atoms with van der Waals surface area (Å²) in [5.74, 6) is -1.76. The zero-order valence-corrected chi connectivity index (χ0v) is 24.9. The number of nitrogens with zero attached hydrogens (tertiary/aromatic N) is 2. The number of aryl methyl sites for hydroxylation is 2. The lowest BCUT2D eigenvalue weighted by Crippen LogP contribution is -2.46. The van der Waals surface area contributed by atoms with Crippen molar-refractivity contribution in [2.45, 2.75) is 89.8 Å². The first-order valence-corrected chi connectivity index (χ1v) is 15.5. The predicted octanol–water partition coefficient (Wildman–Crippen LogP) is 5.99. The van der Waals surface area contributed by atoms with E-state index in [0.717, 1.165) is 80.4 Å². The third-order valence-electron chi connectivity index (χ3n) is 8.30. The standard InChI is InChI=1S/C32H38FN5O3S/c1-19-12-17-25(20(2)18-19)38(28(21-13-15-22(33)16-14-21)31(40)36-24-10-6-7-11-24)32(41)29-26(34)27(37-42-29)30(39)35-23-8-4-3-5-9-23/h12-18,23-24,28H,3-11,34H2,1-2H3,(H,35,39)(H,36,40)/t28-/m1/s1. The maximum atomic E-state index is 14.5. The lowest BCUT2D eigenvalue weighted by Gasteiger charge is -2.33. The molecule has 2 aliphatic rings. The molecule has 1 heterocycles. The number of nitrogen functional groups attached to an aromatic ring is 1. The molecule has 8 nitrogen and oxygen atoms in total. The molecule has 0 unspecified atom stereocenters. The Morgan fingerprint density at radius 3 is 2.19 bits per heavy atom. The van der Waals surface area contributed by atoms with Crippen molar-refractivity contribution in [1.82, 2.24) is 15.0 Å². The van der Waals surface area contributed by atoms with Crippen molar-refractivity contribution in [2.24, 2.45) is 0 Å². The Hall–Kier alpha value is -3.79. The zero-order valence-electron chi connectivity index (χ0n) is 24.1. The van der Waals surface area contributed by atoms with Crippen molar-refractivity contribution in [1.29, 1.82) is 0 Å². The normalized spacial score (nSPS) is 16.6. The molecule has 0 saturated heterocycles. The number of halogens is 1. The quantitative estimate of drug-likeness (QED) is 0.298. The molecular formula is C32H38FN5O3S. The second-order valence-electron chi connectivity index (χ2n) is 11.5. The van der Waals surface area contributed by atoms with E-state index in [1.54, 1.807) is 6.07 Å². The second-order valence-corrected chi connectivity index (χ2v) is 12.3. The summed E-state index contributed by atoms with van der Waals surface area (Å²) in [6.45, 7) is 3.82. The molecule has 2 fully saturated rings. The van der Waals surface area contributed by atoms with Crippen molar-refractivity contribution >= 4 is 40.6 Å². The molecule has 0 spiro atoms. The largest absolute Gasteiger partial charge is 0.395 e. The molecular weight excluding hydrogens is 553 g/mol. The molecule has 2 saturated carbocycles. The van der Waals surface area contributed by atoms with Crippen LogP contribution in [-0.2, 0) is 4.79 Å². The van der Waals surface area contributed by atoms with Crippen LogP contribution in [-0.4, -0.2) is 34.2 Å². The van der Waals surface area contributed by atoms with Crippen molar-refractivity contribution < 1.29 is 18.8 Å². The molecule has 1 atom stereocenters. The predicted molar refractivity (Wildman–Crippen MR) is 163 cm³/mol. The Balaban J connectivity index is 1.55. The van der Waals surface area contributed by atoms with E-state index in [-0.39, 0.29) is 34.2 Å². The van der Waals surface area contributed by atoms with E-state index in [0.29, 0.717) is 11.3 Å². The summed E-state index contributed by atoms with van der Waals surface area (Å²) >= 11 is 0.848. The van der Waals surface area contributed by atoms with Crippen molar-refractivity contribution in [3.8, 4) is 0 Å². The lowest BCUT2D eigenvalue weighted by molar-refractivity contribution is -0.123. The van der Waals surface area contributed by atoms with E-state index >= 15 is 0 Å². The number of nitrogens with one attached hydrogen (secondary N) is 2. The molecule has 10 heteroatoms. The third-order valence-corrected chi connectivity index (χ3v) is 9.15. The van der Waals surface area contributed by atoms with Gasteiger partial charge in [0.1, 0.15) is 16.7 Å². The van der Waals surface area contributed by atoms with Gasteiger partial charge in [0.2, 0.25) is 5.91 Å². The first kappa shape index (κ1) is 29.7. The highest BCUT2D eigenvalue weighted by Crippen LogP contribution is 2.36. The molecule has 1 aromatic heterocycles. The smallest absolute Gasteiger partial charge is 0.273 e. The van der Waals surface area contributed by atoms with Gasteiger partial charge in [-0.25, -0.2) is 4.39 Å². The van der Waals surface area contributed by atoms with Gasteiger partial charge in [0.05, 0.1) is 5.69 Å². The van der Waals surface area contributed by atoms with Crippen LogP contribution in [0.4, 0.5) is 15.8 Å². The summed E-state index contributed by atoms with van der Waals surface area (Å²) in [5, 5.41) is 6.15. The first-order valence-electron chi connectivity index (χ1n) is 14.8. The van der Waals surface area contributed by atoms with E-state index in [4.69, 9.17) is 5.73 Å². The van der Waals surface area contributed by atoms with E-state index in [2.05, 4.69) is 15.0 Å². The van der Waals surface area contributed by atoms with Gasteiger partial charge in [-0.05, 0) is 80.4 Å². The Morgan fingerprint density at radius 1 is 0.929 bits per heavy atom. The zero-order chi connectivity index (χ0) is 29.8. The number of amides is 3. The molecule has 2 aromatic carbocycles. The molecule has 0 radical (unpaired) electrons. The minimum Gasteiger partial charge on any atom is -0.395 e. The molecule has 5 rings (SSSR count). The third kappa shape index (κ3) is 6.48. The Bertz CT molecular complexity index is 1440. The highest BCUT2D eigenvalue weighted by atomic mass is 32.1. The molecule has 0 bridgehead atoms. The lowest BCUT2D eigenvalue weighted by atomic mass is 9.95. The number of carbonyl (C=O) groups excluding carboxylic acids is 3. The van der Waals surface area contributed by atoms with Crippen LogP contribution in [0.5, 0.6) is 0 Å². The molecule has 4 N–H and O–H groups in total. The maximum Gasteiger partial charge on any atom is 0.273 e. The van der Waals surface area contributed by atoms with Crippen LogP contribution in [0.3, 0.4) is 0 Å². The monoisotopic (exact) mass is 591 g/mol. The Kier molecular flexibility index (Phi) is 9.21. The van der Waals surface area contributed by atoms with Gasteiger partial charge in [0.15, 0.2) is 5.69 Å². The van der Waals surface area contributed by atoms with Gasteiger partial charge < -0.3 is 16.4 Å².